The zero-order valence-electron chi connectivity index (χ0n) is 7.91. The van der Waals surface area contributed by atoms with Crippen molar-refractivity contribution in [3.05, 3.63) is 0 Å². The average molecular weight is 330 g/mol. The summed E-state index contributed by atoms with van der Waals surface area (Å²) in [5.41, 5.74) is 0. The predicted octanol–water partition coefficient (Wildman–Crippen LogP) is -5.34. The van der Waals surface area contributed by atoms with Crippen molar-refractivity contribution in [3.8, 4) is 0 Å². The van der Waals surface area contributed by atoms with Crippen LogP contribution in [0.2, 0.25) is 0 Å². The molecule has 0 radical (unpaired) electrons. The summed E-state index contributed by atoms with van der Waals surface area (Å²) < 4.78 is 60.2. The van der Waals surface area contributed by atoms with Crippen LogP contribution in [0.5, 0.6) is 0 Å². The van der Waals surface area contributed by atoms with Gasteiger partial charge in [0.2, 0.25) is 0 Å². The van der Waals surface area contributed by atoms with Crippen LogP contribution >= 0.6 is 0 Å². The summed E-state index contributed by atoms with van der Waals surface area (Å²) in [6.07, 6.45) is 0. The van der Waals surface area contributed by atoms with Crippen molar-refractivity contribution in [2.45, 2.75) is 10.7 Å². The Balaban J connectivity index is -0.000000245. The van der Waals surface area contributed by atoms with E-state index >= 15 is 0 Å². The van der Waals surface area contributed by atoms with E-state index in [-0.39, 0.29) is 83.2 Å². The second kappa shape index (κ2) is 10.4. The van der Waals surface area contributed by atoms with Crippen molar-refractivity contribution in [1.29, 1.82) is 0 Å². The minimum atomic E-state index is -4.57. The van der Waals surface area contributed by atoms with Crippen LogP contribution in [0.3, 0.4) is 0 Å². The molecule has 1 heterocycles. The van der Waals surface area contributed by atoms with Crippen LogP contribution in [0.25, 0.3) is 0 Å². The van der Waals surface area contributed by atoms with Gasteiger partial charge in [0.05, 0.1) is 0 Å². The molecule has 10 nitrogen and oxygen atoms in total. The molecule has 2 unspecified atom stereocenters. The number of piperazine rings is 1. The number of hydrogen-bond acceptors (Lipinski definition) is 6. The molecular weight excluding hydrogens is 314 g/mol. The van der Waals surface area contributed by atoms with Crippen LogP contribution in [0, 0.1) is 0 Å². The zero-order chi connectivity index (χ0) is 11.0. The van der Waals surface area contributed by atoms with Gasteiger partial charge in [-0.1, -0.05) is 0 Å². The van der Waals surface area contributed by atoms with Crippen LogP contribution in [-0.2, 0) is 20.2 Å². The van der Waals surface area contributed by atoms with Gasteiger partial charge in [0, 0.05) is 13.1 Å². The van der Waals surface area contributed by atoms with E-state index in [1.807, 2.05) is 0 Å². The van der Waals surface area contributed by atoms with Gasteiger partial charge >= 0.3 is 59.1 Å². The standard InChI is InChI=1S/C4H10N2O6S2.2Na.2H2O.2H/c7-13(8,9)3-4(14(10,11)12)6-2-1-5-3;;;;;;/h3-6H,1-2H2,(H,7,8,9)(H,10,11,12);;;2*1H2;;. The second-order valence-electron chi connectivity index (χ2n) is 2.78. The van der Waals surface area contributed by atoms with Crippen molar-refractivity contribution in [2.75, 3.05) is 13.1 Å². The third-order valence-corrected chi connectivity index (χ3v) is 4.07. The third kappa shape index (κ3) is 8.06. The Morgan fingerprint density at radius 2 is 1.00 bits per heavy atom. The maximum atomic E-state index is 10.7. The van der Waals surface area contributed by atoms with E-state index in [0.717, 1.165) is 0 Å². The topological polar surface area (TPSA) is 196 Å². The van der Waals surface area contributed by atoms with Gasteiger partial charge in [-0.3, -0.25) is 19.7 Å². The van der Waals surface area contributed by atoms with Crippen LogP contribution in [0.4, 0.5) is 0 Å². The molecule has 1 saturated heterocycles. The summed E-state index contributed by atoms with van der Waals surface area (Å²) in [6.45, 7) is 0.354. The molecule has 0 aliphatic carbocycles. The summed E-state index contributed by atoms with van der Waals surface area (Å²) in [6, 6.07) is 0. The van der Waals surface area contributed by atoms with Crippen molar-refractivity contribution in [1.82, 2.24) is 10.6 Å². The van der Waals surface area contributed by atoms with E-state index in [9.17, 15) is 16.8 Å². The predicted molar refractivity (Wildman–Crippen MR) is 68.2 cm³/mol. The zero-order valence-corrected chi connectivity index (χ0v) is 9.55. The van der Waals surface area contributed by atoms with Crippen LogP contribution in [-0.4, -0.2) is 120 Å². The molecule has 2 atom stereocenters. The fourth-order valence-corrected chi connectivity index (χ4v) is 3.48. The molecule has 0 aromatic carbocycles. The molecule has 0 saturated carbocycles. The molecule has 0 aromatic heterocycles. The summed E-state index contributed by atoms with van der Waals surface area (Å²) in [4.78, 5) is 0. The fraction of sp³-hybridized carbons (Fsp3) is 1.00. The molecule has 14 heteroatoms. The monoisotopic (exact) mass is 330 g/mol. The molecule has 1 fully saturated rings. The van der Waals surface area contributed by atoms with Crippen molar-refractivity contribution < 1.29 is 36.9 Å². The number of hydrogen-bond donors (Lipinski definition) is 4. The first kappa shape index (κ1) is 27.9. The van der Waals surface area contributed by atoms with Crippen molar-refractivity contribution >= 4 is 79.4 Å². The number of nitrogens with one attached hydrogen (secondary N) is 2. The molecule has 8 N–H and O–H groups in total. The van der Waals surface area contributed by atoms with E-state index in [4.69, 9.17) is 9.11 Å². The fourth-order valence-electron chi connectivity index (χ4n) is 1.17. The van der Waals surface area contributed by atoms with Gasteiger partial charge in [-0.15, -0.1) is 0 Å². The molecule has 1 aliphatic rings. The molecule has 104 valence electrons. The van der Waals surface area contributed by atoms with E-state index in [1.165, 1.54) is 0 Å². The van der Waals surface area contributed by atoms with E-state index < -0.39 is 31.0 Å². The minimum absolute atomic E-state index is 0. The van der Waals surface area contributed by atoms with Crippen molar-refractivity contribution in [2.24, 2.45) is 0 Å². The van der Waals surface area contributed by atoms with Crippen LogP contribution < -0.4 is 10.6 Å². The first-order valence-corrected chi connectivity index (χ1v) is 6.63. The molecule has 0 amide bonds. The van der Waals surface area contributed by atoms with Crippen molar-refractivity contribution in [3.63, 3.8) is 0 Å². The van der Waals surface area contributed by atoms with Gasteiger partial charge in [0.1, 0.15) is 0 Å². The Morgan fingerprint density at radius 3 is 1.17 bits per heavy atom. The summed E-state index contributed by atoms with van der Waals surface area (Å²) >= 11 is 0. The molecule has 18 heavy (non-hydrogen) atoms. The van der Waals surface area contributed by atoms with Gasteiger partial charge < -0.3 is 11.0 Å². The molecule has 1 aliphatic heterocycles. The van der Waals surface area contributed by atoms with Crippen LogP contribution in [0.15, 0.2) is 0 Å². The van der Waals surface area contributed by atoms with Crippen LogP contribution in [0.1, 0.15) is 0 Å². The van der Waals surface area contributed by atoms with Gasteiger partial charge in [-0.25, -0.2) is 0 Å². The summed E-state index contributed by atoms with van der Waals surface area (Å²) in [7, 11) is -9.14. The summed E-state index contributed by atoms with van der Waals surface area (Å²) in [5.74, 6) is 0. The SMILES string of the molecule is O.O.O=S(=O)(O)C1NCCNC1S(=O)(=O)O.[NaH].[NaH]. The molecular formula is C4H16N2Na2O8S2. The second-order valence-corrected chi connectivity index (χ2v) is 5.86. The van der Waals surface area contributed by atoms with E-state index in [1.54, 1.807) is 0 Å². The van der Waals surface area contributed by atoms with E-state index in [0.29, 0.717) is 0 Å². The maximum absolute atomic E-state index is 10.7. The summed E-state index contributed by atoms with van der Waals surface area (Å²) in [5, 5.41) is 1.06. The third-order valence-electron chi connectivity index (χ3n) is 1.73. The Kier molecular flexibility index (Phi) is 16.1. The number of rotatable bonds is 2. The molecule has 0 bridgehead atoms. The van der Waals surface area contributed by atoms with Gasteiger partial charge in [-0.2, -0.15) is 16.8 Å². The molecule has 0 spiro atoms. The first-order chi connectivity index (χ1) is 6.23. The quantitative estimate of drug-likeness (QED) is 0.284. The Bertz CT molecular complexity index is 371. The van der Waals surface area contributed by atoms with Gasteiger partial charge in [-0.05, 0) is 0 Å². The molecule has 1 rings (SSSR count). The normalized spacial score (nSPS) is 23.4. The average Bonchev–Trinajstić information content (AvgIpc) is 2.01. The first-order valence-electron chi connectivity index (χ1n) is 3.62. The Morgan fingerprint density at radius 1 is 0.778 bits per heavy atom. The Labute approximate surface area is 149 Å². The van der Waals surface area contributed by atoms with Gasteiger partial charge in [0.25, 0.3) is 20.2 Å². The van der Waals surface area contributed by atoms with Gasteiger partial charge in [0.15, 0.2) is 10.7 Å². The Hall–Kier alpha value is 1.66. The van der Waals surface area contributed by atoms with E-state index in [2.05, 4.69) is 10.6 Å². The molecule has 0 aromatic rings.